The van der Waals surface area contributed by atoms with E-state index in [1.54, 1.807) is 12.0 Å². The molecule has 1 aliphatic heterocycles. The molecule has 0 spiro atoms. The molecule has 182 valence electrons. The molecule has 0 radical (unpaired) electrons. The number of piperazine rings is 1. The molecule has 1 fully saturated rings. The number of fused-ring (bicyclic) bond motifs is 1. The molecule has 1 aliphatic rings. The van der Waals surface area contributed by atoms with Crippen LogP contribution in [0.15, 0.2) is 91.1 Å². The number of rotatable bonds is 7. The fourth-order valence-electron chi connectivity index (χ4n) is 4.63. The number of Topliss-reactive ketones (excluding diaryl/α,β-unsaturated/α-hetero) is 1. The van der Waals surface area contributed by atoms with Gasteiger partial charge in [0.2, 0.25) is 0 Å². The van der Waals surface area contributed by atoms with Gasteiger partial charge < -0.3 is 14.0 Å². The Morgan fingerprint density at radius 2 is 1.61 bits per heavy atom. The Balaban J connectivity index is 1.30. The third-order valence-electron chi connectivity index (χ3n) is 6.62. The van der Waals surface area contributed by atoms with Crippen LogP contribution in [0.3, 0.4) is 0 Å². The molecule has 36 heavy (non-hydrogen) atoms. The highest BCUT2D eigenvalue weighted by Gasteiger charge is 2.30. The van der Waals surface area contributed by atoms with Gasteiger partial charge >= 0.3 is 0 Å². The number of methoxy groups -OCH3 is 1. The van der Waals surface area contributed by atoms with Crippen LogP contribution in [0, 0.1) is 0 Å². The zero-order valence-corrected chi connectivity index (χ0v) is 20.3. The number of aromatic nitrogens is 1. The van der Waals surface area contributed by atoms with E-state index in [0.717, 1.165) is 42.0 Å². The number of nitrogens with zero attached hydrogens (tertiary/aromatic N) is 3. The molecule has 2 aromatic heterocycles. The molecule has 4 aromatic rings. The lowest BCUT2D eigenvalue weighted by Gasteiger charge is -2.33. The van der Waals surface area contributed by atoms with Gasteiger partial charge in [-0.25, -0.2) is 0 Å². The summed E-state index contributed by atoms with van der Waals surface area (Å²) < 4.78 is 7.08. The van der Waals surface area contributed by atoms with E-state index in [2.05, 4.69) is 29.2 Å². The second-order valence-corrected chi connectivity index (χ2v) is 8.87. The van der Waals surface area contributed by atoms with Gasteiger partial charge in [0, 0.05) is 50.0 Å². The molecule has 1 saturated heterocycles. The summed E-state index contributed by atoms with van der Waals surface area (Å²) in [4.78, 5) is 30.9. The van der Waals surface area contributed by atoms with Crippen LogP contribution in [0.4, 0.5) is 0 Å². The van der Waals surface area contributed by atoms with Crippen LogP contribution >= 0.6 is 0 Å². The molecule has 0 unspecified atom stereocenters. The minimum absolute atomic E-state index is 0.397. The maximum atomic E-state index is 13.6. The molecule has 0 N–H and O–H groups in total. The van der Waals surface area contributed by atoms with Gasteiger partial charge in [0.05, 0.1) is 7.11 Å². The van der Waals surface area contributed by atoms with Gasteiger partial charge in [-0.2, -0.15) is 0 Å². The molecule has 0 aliphatic carbocycles. The summed E-state index contributed by atoms with van der Waals surface area (Å²) in [6, 6.07) is 25.4. The number of amides is 1. The van der Waals surface area contributed by atoms with E-state index in [1.165, 1.54) is 5.56 Å². The van der Waals surface area contributed by atoms with Crippen molar-refractivity contribution in [1.82, 2.24) is 14.2 Å². The molecule has 0 saturated carbocycles. The van der Waals surface area contributed by atoms with Crippen LogP contribution in [0.5, 0.6) is 5.75 Å². The summed E-state index contributed by atoms with van der Waals surface area (Å²) in [5.41, 5.74) is 4.05. The van der Waals surface area contributed by atoms with E-state index < -0.39 is 11.7 Å². The smallest absolute Gasteiger partial charge is 0.296 e. The number of ketones is 1. The summed E-state index contributed by atoms with van der Waals surface area (Å²) in [5, 5.41) is 0. The molecule has 0 bridgehead atoms. The van der Waals surface area contributed by atoms with E-state index >= 15 is 0 Å². The Morgan fingerprint density at radius 3 is 2.33 bits per heavy atom. The summed E-state index contributed by atoms with van der Waals surface area (Å²) in [6.07, 6.45) is 6.09. The van der Waals surface area contributed by atoms with Gasteiger partial charge in [-0.15, -0.1) is 0 Å². The molecule has 5 rings (SSSR count). The molecular weight excluding hydrogens is 450 g/mol. The van der Waals surface area contributed by atoms with E-state index in [4.69, 9.17) is 4.74 Å². The van der Waals surface area contributed by atoms with Crippen molar-refractivity contribution in [3.63, 3.8) is 0 Å². The monoisotopic (exact) mass is 479 g/mol. The topological polar surface area (TPSA) is 54.3 Å². The van der Waals surface area contributed by atoms with Gasteiger partial charge in [-0.3, -0.25) is 14.5 Å². The van der Waals surface area contributed by atoms with Crippen molar-refractivity contribution < 1.29 is 14.3 Å². The molecule has 1 amide bonds. The minimum atomic E-state index is -0.482. The fourth-order valence-corrected chi connectivity index (χ4v) is 4.63. The second-order valence-electron chi connectivity index (χ2n) is 8.87. The molecule has 2 aromatic carbocycles. The Morgan fingerprint density at radius 1 is 0.889 bits per heavy atom. The van der Waals surface area contributed by atoms with Crippen molar-refractivity contribution in [3.8, 4) is 16.9 Å². The van der Waals surface area contributed by atoms with Gasteiger partial charge in [0.25, 0.3) is 11.7 Å². The largest absolute Gasteiger partial charge is 0.497 e. The van der Waals surface area contributed by atoms with Crippen LogP contribution in [0.2, 0.25) is 0 Å². The average molecular weight is 480 g/mol. The first-order chi connectivity index (χ1) is 17.6. The predicted molar refractivity (Wildman–Crippen MR) is 142 cm³/mol. The van der Waals surface area contributed by atoms with Crippen molar-refractivity contribution in [2.45, 2.75) is 0 Å². The van der Waals surface area contributed by atoms with Crippen LogP contribution in [0.25, 0.3) is 22.7 Å². The van der Waals surface area contributed by atoms with Gasteiger partial charge in [-0.05, 0) is 41.5 Å². The van der Waals surface area contributed by atoms with Crippen molar-refractivity contribution >= 4 is 23.3 Å². The SMILES string of the molecule is COc1ccc(-c2cc3ccccn3c2C(=O)C(=O)N2CCN(C/C=C/c3ccccc3)CC2)cc1. The number of hydrogen-bond donors (Lipinski definition) is 0. The van der Waals surface area contributed by atoms with Crippen molar-refractivity contribution in [1.29, 1.82) is 0 Å². The van der Waals surface area contributed by atoms with E-state index in [0.29, 0.717) is 18.8 Å². The van der Waals surface area contributed by atoms with Gasteiger partial charge in [0.15, 0.2) is 0 Å². The predicted octanol–water partition coefficient (Wildman–Crippen LogP) is 4.66. The lowest BCUT2D eigenvalue weighted by atomic mass is 10.0. The first kappa shape index (κ1) is 23.6. The highest BCUT2D eigenvalue weighted by Crippen LogP contribution is 2.30. The molecule has 0 atom stereocenters. The van der Waals surface area contributed by atoms with Crippen LogP contribution in [-0.2, 0) is 4.79 Å². The van der Waals surface area contributed by atoms with Crippen molar-refractivity contribution in [2.24, 2.45) is 0 Å². The highest BCUT2D eigenvalue weighted by atomic mass is 16.5. The van der Waals surface area contributed by atoms with Crippen LogP contribution in [-0.4, -0.2) is 65.7 Å². The Labute approximate surface area is 211 Å². The summed E-state index contributed by atoms with van der Waals surface area (Å²) >= 11 is 0. The number of pyridine rings is 1. The average Bonchev–Trinajstić information content (AvgIpc) is 3.33. The number of carbonyl (C=O) groups excluding carboxylic acids is 2. The van der Waals surface area contributed by atoms with E-state index in [-0.39, 0.29) is 0 Å². The third-order valence-corrected chi connectivity index (χ3v) is 6.62. The molecule has 3 heterocycles. The normalized spacial score (nSPS) is 14.4. The van der Waals surface area contributed by atoms with Gasteiger partial charge in [-0.1, -0.05) is 60.7 Å². The van der Waals surface area contributed by atoms with Gasteiger partial charge in [0.1, 0.15) is 11.4 Å². The molecule has 6 nitrogen and oxygen atoms in total. The second kappa shape index (κ2) is 10.6. The lowest BCUT2D eigenvalue weighted by Crippen LogP contribution is -2.50. The number of carbonyl (C=O) groups is 2. The first-order valence-electron chi connectivity index (χ1n) is 12.2. The Kier molecular flexibility index (Phi) is 6.96. The first-order valence-corrected chi connectivity index (χ1v) is 12.2. The maximum absolute atomic E-state index is 13.6. The highest BCUT2D eigenvalue weighted by molar-refractivity contribution is 6.43. The van der Waals surface area contributed by atoms with Crippen molar-refractivity contribution in [3.05, 3.63) is 102 Å². The quantitative estimate of drug-likeness (QED) is 0.286. The van der Waals surface area contributed by atoms with Crippen molar-refractivity contribution in [2.75, 3.05) is 39.8 Å². The summed E-state index contributed by atoms with van der Waals surface area (Å²) in [5.74, 6) is -0.194. The minimum Gasteiger partial charge on any atom is -0.497 e. The fraction of sp³-hybridized carbons (Fsp3) is 0.200. The number of hydrogen-bond acceptors (Lipinski definition) is 4. The van der Waals surface area contributed by atoms with Crippen LogP contribution in [0.1, 0.15) is 16.1 Å². The number of ether oxygens (including phenoxy) is 1. The van der Waals surface area contributed by atoms with E-state index in [9.17, 15) is 9.59 Å². The van der Waals surface area contributed by atoms with E-state index in [1.807, 2.05) is 77.3 Å². The standard InChI is InChI=1S/C30H29N3O3/c1-36-26-14-12-24(13-15-26)27-22-25-11-5-6-17-33(25)28(27)29(34)30(35)32-20-18-31(19-21-32)16-7-10-23-8-3-2-4-9-23/h2-15,17,22H,16,18-21H2,1H3/b10-7+. The zero-order valence-electron chi connectivity index (χ0n) is 20.3. The summed E-state index contributed by atoms with van der Waals surface area (Å²) in [7, 11) is 1.62. The Bertz CT molecular complexity index is 1380. The Hall–Kier alpha value is -4.16. The molecular formula is C30H29N3O3. The van der Waals surface area contributed by atoms with Crippen LogP contribution < -0.4 is 4.74 Å². The maximum Gasteiger partial charge on any atom is 0.296 e. The molecule has 6 heteroatoms. The lowest BCUT2D eigenvalue weighted by molar-refractivity contribution is -0.128. The third kappa shape index (κ3) is 4.95. The zero-order chi connectivity index (χ0) is 24.9. The summed E-state index contributed by atoms with van der Waals surface area (Å²) in [6.45, 7) is 3.35. The number of benzene rings is 2.